The third-order valence-electron chi connectivity index (χ3n) is 3.08. The molecule has 1 aromatic rings. The normalized spacial score (nSPS) is 12.3. The predicted octanol–water partition coefficient (Wildman–Crippen LogP) is 1.36. The van der Waals surface area contributed by atoms with Crippen LogP contribution >= 0.6 is 15.9 Å². The number of nitrogens with one attached hydrogen (secondary N) is 1. The summed E-state index contributed by atoms with van der Waals surface area (Å²) in [6.45, 7) is 2.64. The van der Waals surface area contributed by atoms with Crippen LogP contribution in [0, 0.1) is 0 Å². The number of nitrogens with zero attached hydrogens (tertiary/aromatic N) is 2. The van der Waals surface area contributed by atoms with Crippen LogP contribution in [0.1, 0.15) is 5.56 Å². The van der Waals surface area contributed by atoms with E-state index < -0.39 is 10.0 Å². The quantitative estimate of drug-likeness (QED) is 0.705. The number of hydrogen-bond donors (Lipinski definition) is 1. The van der Waals surface area contributed by atoms with Crippen LogP contribution in [0.5, 0.6) is 0 Å². The van der Waals surface area contributed by atoms with Crippen LogP contribution in [0.2, 0.25) is 0 Å². The minimum Gasteiger partial charge on any atom is -0.308 e. The van der Waals surface area contributed by atoms with Crippen LogP contribution in [0.4, 0.5) is 0 Å². The van der Waals surface area contributed by atoms with Gasteiger partial charge in [0.2, 0.25) is 10.0 Å². The van der Waals surface area contributed by atoms with Gasteiger partial charge >= 0.3 is 0 Å². The van der Waals surface area contributed by atoms with Gasteiger partial charge in [0, 0.05) is 30.7 Å². The lowest BCUT2D eigenvalue weighted by Crippen LogP contribution is -2.35. The maximum absolute atomic E-state index is 12.0. The molecule has 0 amide bonds. The van der Waals surface area contributed by atoms with Crippen molar-refractivity contribution in [1.29, 1.82) is 0 Å². The number of benzene rings is 1. The number of halogens is 1. The molecule has 120 valence electrons. The highest BCUT2D eigenvalue weighted by molar-refractivity contribution is 9.10. The average molecular weight is 378 g/mol. The Kier molecular flexibility index (Phi) is 7.83. The summed E-state index contributed by atoms with van der Waals surface area (Å²) in [6, 6.07) is 7.60. The van der Waals surface area contributed by atoms with Gasteiger partial charge in [-0.1, -0.05) is 28.1 Å². The lowest BCUT2D eigenvalue weighted by atomic mass is 10.2. The van der Waals surface area contributed by atoms with Crippen LogP contribution in [-0.2, 0) is 16.6 Å². The van der Waals surface area contributed by atoms with E-state index >= 15 is 0 Å². The van der Waals surface area contributed by atoms with Gasteiger partial charge in [0.25, 0.3) is 0 Å². The molecule has 0 atom stereocenters. The Morgan fingerprint density at radius 3 is 2.24 bits per heavy atom. The van der Waals surface area contributed by atoms with E-state index in [0.717, 1.165) is 23.1 Å². The molecule has 1 N–H and O–H groups in total. The summed E-state index contributed by atoms with van der Waals surface area (Å²) in [7, 11) is 2.71. The molecule has 0 aliphatic carbocycles. The van der Waals surface area contributed by atoms with Crippen LogP contribution < -0.4 is 4.72 Å². The second kappa shape index (κ2) is 8.85. The lowest BCUT2D eigenvalue weighted by Gasteiger charge is -2.19. The van der Waals surface area contributed by atoms with Crippen LogP contribution in [0.25, 0.3) is 0 Å². The molecule has 0 heterocycles. The molecule has 0 unspecified atom stereocenters. The fourth-order valence-electron chi connectivity index (χ4n) is 1.63. The van der Waals surface area contributed by atoms with Gasteiger partial charge in [-0.3, -0.25) is 0 Å². The van der Waals surface area contributed by atoms with Gasteiger partial charge in [-0.05, 0) is 38.8 Å². The molecule has 0 bridgehead atoms. The van der Waals surface area contributed by atoms with E-state index in [1.165, 1.54) is 0 Å². The van der Waals surface area contributed by atoms with Crippen molar-refractivity contribution in [2.24, 2.45) is 0 Å². The van der Waals surface area contributed by atoms with E-state index in [4.69, 9.17) is 0 Å². The maximum Gasteiger partial charge on any atom is 0.213 e. The molecule has 0 saturated heterocycles. The summed E-state index contributed by atoms with van der Waals surface area (Å²) in [5.41, 5.74) is 0.947. The summed E-state index contributed by atoms with van der Waals surface area (Å²) in [5, 5.41) is 0. The minimum absolute atomic E-state index is 0.119. The molecule has 0 fully saturated rings. The van der Waals surface area contributed by atoms with E-state index in [-0.39, 0.29) is 5.75 Å². The molecular weight excluding hydrogens is 354 g/mol. The number of sulfonamides is 1. The first kappa shape index (κ1) is 18.6. The number of rotatable bonds is 9. The zero-order valence-electron chi connectivity index (χ0n) is 12.8. The molecule has 7 heteroatoms. The van der Waals surface area contributed by atoms with E-state index in [1.54, 1.807) is 0 Å². The maximum atomic E-state index is 12.0. The van der Waals surface area contributed by atoms with Crippen LogP contribution in [0.3, 0.4) is 0 Å². The van der Waals surface area contributed by atoms with Crippen molar-refractivity contribution in [2.75, 3.05) is 46.5 Å². The molecule has 0 aromatic heterocycles. The average Bonchev–Trinajstić information content (AvgIpc) is 2.42. The summed E-state index contributed by atoms with van der Waals surface area (Å²) < 4.78 is 27.5. The Hall–Kier alpha value is -0.470. The van der Waals surface area contributed by atoms with Crippen molar-refractivity contribution in [1.82, 2.24) is 14.5 Å². The Labute approximate surface area is 136 Å². The number of hydrogen-bond acceptors (Lipinski definition) is 4. The van der Waals surface area contributed by atoms with Gasteiger partial charge in [0.1, 0.15) is 0 Å². The zero-order valence-corrected chi connectivity index (χ0v) is 15.2. The van der Waals surface area contributed by atoms with Gasteiger partial charge in [0.05, 0.1) is 5.75 Å². The second-order valence-corrected chi connectivity index (χ2v) is 8.22. The fourth-order valence-corrected chi connectivity index (χ4v) is 2.97. The Balaban J connectivity index is 2.34. The van der Waals surface area contributed by atoms with Crippen molar-refractivity contribution in [3.8, 4) is 0 Å². The van der Waals surface area contributed by atoms with Gasteiger partial charge in [-0.15, -0.1) is 0 Å². The highest BCUT2D eigenvalue weighted by Gasteiger charge is 2.11. The Morgan fingerprint density at radius 1 is 1.05 bits per heavy atom. The van der Waals surface area contributed by atoms with Crippen molar-refractivity contribution >= 4 is 26.0 Å². The van der Waals surface area contributed by atoms with Crippen molar-refractivity contribution < 1.29 is 8.42 Å². The lowest BCUT2D eigenvalue weighted by molar-refractivity contribution is 0.293. The largest absolute Gasteiger partial charge is 0.308 e. The predicted molar refractivity (Wildman–Crippen MR) is 90.8 cm³/mol. The van der Waals surface area contributed by atoms with Gasteiger partial charge in [-0.25, -0.2) is 13.1 Å². The SMILES string of the molecule is CN(C)CCN(C)CCS(=O)(=O)NCc1ccc(Br)cc1. The molecule has 21 heavy (non-hydrogen) atoms. The zero-order chi connectivity index (χ0) is 15.9. The Morgan fingerprint density at radius 2 is 1.67 bits per heavy atom. The summed E-state index contributed by atoms with van der Waals surface area (Å²) >= 11 is 3.35. The first-order valence-electron chi connectivity index (χ1n) is 6.83. The minimum atomic E-state index is -3.24. The van der Waals surface area contributed by atoms with E-state index in [9.17, 15) is 8.42 Å². The highest BCUT2D eigenvalue weighted by atomic mass is 79.9. The molecule has 0 aliphatic rings. The van der Waals surface area contributed by atoms with E-state index in [1.807, 2.05) is 50.3 Å². The van der Waals surface area contributed by atoms with Crippen LogP contribution in [-0.4, -0.2) is 64.7 Å². The topological polar surface area (TPSA) is 52.7 Å². The summed E-state index contributed by atoms with van der Waals surface area (Å²) in [6.07, 6.45) is 0. The molecule has 0 spiro atoms. The van der Waals surface area contributed by atoms with Gasteiger partial charge in [0.15, 0.2) is 0 Å². The molecule has 5 nitrogen and oxygen atoms in total. The number of likely N-dealkylation sites (N-methyl/N-ethyl adjacent to an activating group) is 2. The fraction of sp³-hybridized carbons (Fsp3) is 0.571. The smallest absolute Gasteiger partial charge is 0.213 e. The summed E-state index contributed by atoms with van der Waals surface area (Å²) in [4.78, 5) is 4.11. The monoisotopic (exact) mass is 377 g/mol. The molecule has 1 aromatic carbocycles. The molecule has 0 radical (unpaired) electrons. The molecule has 0 saturated carbocycles. The van der Waals surface area contributed by atoms with Crippen molar-refractivity contribution in [3.05, 3.63) is 34.3 Å². The van der Waals surface area contributed by atoms with E-state index in [0.29, 0.717) is 13.1 Å². The first-order chi connectivity index (χ1) is 9.78. The van der Waals surface area contributed by atoms with Crippen molar-refractivity contribution in [2.45, 2.75) is 6.54 Å². The molecular formula is C14H24BrN3O2S. The third kappa shape index (κ3) is 8.53. The highest BCUT2D eigenvalue weighted by Crippen LogP contribution is 2.10. The molecule has 0 aliphatic heterocycles. The standard InChI is InChI=1S/C14H24BrN3O2S/c1-17(2)8-9-18(3)10-11-21(19,20)16-12-13-4-6-14(15)7-5-13/h4-7,16H,8-12H2,1-3H3. The van der Waals surface area contributed by atoms with E-state index in [2.05, 4.69) is 25.6 Å². The van der Waals surface area contributed by atoms with Gasteiger partial charge in [-0.2, -0.15) is 0 Å². The Bertz CT molecular complexity index is 518. The van der Waals surface area contributed by atoms with Gasteiger partial charge < -0.3 is 9.80 Å². The first-order valence-corrected chi connectivity index (χ1v) is 9.28. The third-order valence-corrected chi connectivity index (χ3v) is 4.91. The van der Waals surface area contributed by atoms with Crippen molar-refractivity contribution in [3.63, 3.8) is 0 Å². The molecule has 1 rings (SSSR count). The second-order valence-electron chi connectivity index (χ2n) is 5.37. The summed E-state index contributed by atoms with van der Waals surface area (Å²) in [5.74, 6) is 0.119. The van der Waals surface area contributed by atoms with Crippen LogP contribution in [0.15, 0.2) is 28.7 Å².